The van der Waals surface area contributed by atoms with E-state index in [9.17, 15) is 4.79 Å². The summed E-state index contributed by atoms with van der Waals surface area (Å²) in [5.74, 6) is 0.386. The first-order valence-corrected chi connectivity index (χ1v) is 6.87. The number of benzene rings is 1. The molecule has 0 aliphatic heterocycles. The van der Waals surface area contributed by atoms with Crippen molar-refractivity contribution in [1.82, 2.24) is 10.2 Å². The molecule has 1 aromatic heterocycles. The minimum Gasteiger partial charge on any atom is -0.410 e. The Morgan fingerprint density at radius 3 is 2.77 bits per heavy atom. The van der Waals surface area contributed by atoms with Crippen molar-refractivity contribution in [2.45, 2.75) is 6.92 Å². The number of aromatic nitrogens is 2. The summed E-state index contributed by atoms with van der Waals surface area (Å²) in [6.07, 6.45) is 2.51. The van der Waals surface area contributed by atoms with Gasteiger partial charge in [0.2, 0.25) is 0 Å². The second kappa shape index (κ2) is 7.38. The van der Waals surface area contributed by atoms with Crippen LogP contribution in [0.5, 0.6) is 0 Å². The van der Waals surface area contributed by atoms with Crippen molar-refractivity contribution in [3.63, 3.8) is 0 Å². The van der Waals surface area contributed by atoms with Gasteiger partial charge in [-0.1, -0.05) is 30.3 Å². The summed E-state index contributed by atoms with van der Waals surface area (Å²) >= 11 is 5.71. The molecule has 1 amide bonds. The van der Waals surface area contributed by atoms with Gasteiger partial charge in [0.25, 0.3) is 0 Å². The zero-order chi connectivity index (χ0) is 15.9. The van der Waals surface area contributed by atoms with Crippen LogP contribution in [0.3, 0.4) is 0 Å². The Labute approximate surface area is 133 Å². The predicted octanol–water partition coefficient (Wildman–Crippen LogP) is 4.44. The summed E-state index contributed by atoms with van der Waals surface area (Å²) < 4.78 is 5.06. The Bertz CT molecular complexity index is 712. The minimum absolute atomic E-state index is 0.324. The summed E-state index contributed by atoms with van der Waals surface area (Å²) in [7, 11) is 0. The fourth-order valence-electron chi connectivity index (χ4n) is 1.70. The lowest BCUT2D eigenvalue weighted by atomic mass is 10.1. The minimum atomic E-state index is -0.590. The Morgan fingerprint density at radius 2 is 2.14 bits per heavy atom. The SMILES string of the molecule is C=C/C(=C\C)OC(=O)Nc1cccc(-c2ccc(Cl)nn2)c1. The van der Waals surface area contributed by atoms with E-state index in [1.54, 1.807) is 43.3 Å². The van der Waals surface area contributed by atoms with Gasteiger partial charge >= 0.3 is 6.09 Å². The van der Waals surface area contributed by atoms with Gasteiger partial charge in [0.05, 0.1) is 5.69 Å². The first-order valence-electron chi connectivity index (χ1n) is 6.49. The zero-order valence-corrected chi connectivity index (χ0v) is 12.7. The smallest absolute Gasteiger partial charge is 0.410 e. The lowest BCUT2D eigenvalue weighted by molar-refractivity contribution is 0.194. The van der Waals surface area contributed by atoms with Crippen molar-refractivity contribution in [3.8, 4) is 11.3 Å². The van der Waals surface area contributed by atoms with Crippen molar-refractivity contribution in [1.29, 1.82) is 0 Å². The Kier molecular flexibility index (Phi) is 5.27. The average Bonchev–Trinajstić information content (AvgIpc) is 2.53. The summed E-state index contributed by atoms with van der Waals surface area (Å²) in [5, 5.41) is 10.8. The van der Waals surface area contributed by atoms with Crippen LogP contribution in [0, 0.1) is 0 Å². The number of allylic oxidation sites excluding steroid dienone is 2. The second-order valence-corrected chi connectivity index (χ2v) is 4.62. The van der Waals surface area contributed by atoms with E-state index in [4.69, 9.17) is 16.3 Å². The van der Waals surface area contributed by atoms with Gasteiger partial charge in [-0.15, -0.1) is 10.2 Å². The summed E-state index contributed by atoms with van der Waals surface area (Å²) in [4.78, 5) is 11.8. The van der Waals surface area contributed by atoms with Crippen molar-refractivity contribution in [2.75, 3.05) is 5.32 Å². The van der Waals surface area contributed by atoms with E-state index in [1.807, 2.05) is 6.07 Å². The summed E-state index contributed by atoms with van der Waals surface area (Å²) in [5.41, 5.74) is 2.04. The number of carbonyl (C=O) groups excluding carboxylic acids is 1. The van der Waals surface area contributed by atoms with Crippen LogP contribution < -0.4 is 5.32 Å². The van der Waals surface area contributed by atoms with Crippen molar-refractivity contribution in [3.05, 3.63) is 66.0 Å². The molecule has 22 heavy (non-hydrogen) atoms. The molecule has 0 radical (unpaired) electrons. The number of anilines is 1. The maximum Gasteiger partial charge on any atom is 0.417 e. The number of carbonyl (C=O) groups is 1. The number of nitrogens with zero attached hydrogens (tertiary/aromatic N) is 2. The molecule has 2 rings (SSSR count). The maximum absolute atomic E-state index is 11.8. The molecule has 0 aliphatic carbocycles. The van der Waals surface area contributed by atoms with Gasteiger partial charge in [0, 0.05) is 11.3 Å². The van der Waals surface area contributed by atoms with E-state index >= 15 is 0 Å². The van der Waals surface area contributed by atoms with Gasteiger partial charge in [-0.3, -0.25) is 5.32 Å². The molecule has 5 nitrogen and oxygen atoms in total. The topological polar surface area (TPSA) is 64.1 Å². The molecule has 2 aromatic rings. The van der Waals surface area contributed by atoms with E-state index < -0.39 is 6.09 Å². The molecule has 112 valence electrons. The fraction of sp³-hybridized carbons (Fsp3) is 0.0625. The molecule has 0 saturated heterocycles. The van der Waals surface area contributed by atoms with Gasteiger partial charge < -0.3 is 4.74 Å². The first-order chi connectivity index (χ1) is 10.6. The fourth-order valence-corrected chi connectivity index (χ4v) is 1.80. The van der Waals surface area contributed by atoms with Crippen LogP contribution in [-0.2, 0) is 4.74 Å². The third kappa shape index (κ3) is 4.17. The molecule has 0 spiro atoms. The van der Waals surface area contributed by atoms with Crippen molar-refractivity contribution < 1.29 is 9.53 Å². The van der Waals surface area contributed by atoms with Gasteiger partial charge in [-0.05, 0) is 43.3 Å². The van der Waals surface area contributed by atoms with Crippen LogP contribution in [0.4, 0.5) is 10.5 Å². The number of amides is 1. The van der Waals surface area contributed by atoms with Crippen LogP contribution in [0.1, 0.15) is 6.92 Å². The van der Waals surface area contributed by atoms with Gasteiger partial charge in [-0.2, -0.15) is 0 Å². The highest BCUT2D eigenvalue weighted by Crippen LogP contribution is 2.21. The molecule has 1 heterocycles. The number of halogens is 1. The lowest BCUT2D eigenvalue weighted by Crippen LogP contribution is -2.12. The Balaban J connectivity index is 2.13. The zero-order valence-electron chi connectivity index (χ0n) is 11.9. The van der Waals surface area contributed by atoms with Crippen LogP contribution in [-0.4, -0.2) is 16.3 Å². The average molecular weight is 316 g/mol. The second-order valence-electron chi connectivity index (χ2n) is 4.23. The normalized spacial score (nSPS) is 10.9. The lowest BCUT2D eigenvalue weighted by Gasteiger charge is -2.08. The Hall–Kier alpha value is -2.66. The molecular weight excluding hydrogens is 302 g/mol. The quantitative estimate of drug-likeness (QED) is 0.669. The summed E-state index contributed by atoms with van der Waals surface area (Å²) in [6.45, 7) is 5.31. The van der Waals surface area contributed by atoms with E-state index in [0.717, 1.165) is 5.56 Å². The van der Waals surface area contributed by atoms with Crippen molar-refractivity contribution in [2.24, 2.45) is 0 Å². The third-order valence-corrected chi connectivity index (χ3v) is 2.93. The molecule has 0 atom stereocenters. The molecule has 0 aliphatic rings. The molecule has 0 fully saturated rings. The van der Waals surface area contributed by atoms with E-state index in [1.165, 1.54) is 6.08 Å². The van der Waals surface area contributed by atoms with E-state index in [-0.39, 0.29) is 0 Å². The molecule has 0 unspecified atom stereocenters. The summed E-state index contributed by atoms with van der Waals surface area (Å²) in [6, 6.07) is 10.6. The van der Waals surface area contributed by atoms with E-state index in [2.05, 4.69) is 22.1 Å². The number of rotatable bonds is 4. The van der Waals surface area contributed by atoms with Crippen LogP contribution in [0.25, 0.3) is 11.3 Å². The largest absolute Gasteiger partial charge is 0.417 e. The highest BCUT2D eigenvalue weighted by molar-refractivity contribution is 6.29. The van der Waals surface area contributed by atoms with Crippen molar-refractivity contribution >= 4 is 23.4 Å². The monoisotopic (exact) mass is 315 g/mol. The number of ether oxygens (including phenoxy) is 1. The number of nitrogens with one attached hydrogen (secondary N) is 1. The molecule has 1 aromatic carbocycles. The molecular formula is C16H14ClN3O2. The first kappa shape index (κ1) is 15.7. The molecule has 6 heteroatoms. The van der Waals surface area contributed by atoms with Gasteiger partial charge in [0.15, 0.2) is 5.15 Å². The van der Waals surface area contributed by atoms with Gasteiger partial charge in [0.1, 0.15) is 5.76 Å². The molecule has 0 saturated carbocycles. The third-order valence-electron chi connectivity index (χ3n) is 2.73. The standard InChI is InChI=1S/C16H14ClN3O2/c1-3-13(4-2)22-16(21)18-12-7-5-6-11(10-12)14-8-9-15(17)20-19-14/h3-10H,1H2,2H3,(H,18,21)/b13-4+. The van der Waals surface area contributed by atoms with Crippen LogP contribution in [0.15, 0.2) is 60.9 Å². The number of hydrogen-bond acceptors (Lipinski definition) is 4. The molecule has 0 bridgehead atoms. The van der Waals surface area contributed by atoms with Crippen LogP contribution in [0.2, 0.25) is 5.15 Å². The maximum atomic E-state index is 11.8. The van der Waals surface area contributed by atoms with Crippen LogP contribution >= 0.6 is 11.6 Å². The highest BCUT2D eigenvalue weighted by Gasteiger charge is 2.07. The number of hydrogen-bond donors (Lipinski definition) is 1. The van der Waals surface area contributed by atoms with Gasteiger partial charge in [-0.25, -0.2) is 4.79 Å². The molecule has 1 N–H and O–H groups in total. The van der Waals surface area contributed by atoms with E-state index in [0.29, 0.717) is 22.3 Å². The highest BCUT2D eigenvalue weighted by atomic mass is 35.5. The Morgan fingerprint density at radius 1 is 1.32 bits per heavy atom. The predicted molar refractivity (Wildman–Crippen MR) is 86.5 cm³/mol.